The number of thioether (sulfide) groups is 1. The molecule has 1 atom stereocenters. The second-order valence-electron chi connectivity index (χ2n) is 4.74. The lowest BCUT2D eigenvalue weighted by Crippen LogP contribution is -2.14. The lowest BCUT2D eigenvalue weighted by molar-refractivity contribution is -0.115. The number of nitrogens with two attached hydrogens (primary N) is 1. The number of hydrogen-bond acceptors (Lipinski definition) is 4. The summed E-state index contributed by atoms with van der Waals surface area (Å²) in [6.45, 7) is 0.857. The Labute approximate surface area is 122 Å². The Balaban J connectivity index is 1.67. The molecule has 20 heavy (non-hydrogen) atoms. The SMILES string of the molecule is Nc1cc(F)ccc1NC(=O)CCSCC1CCCO1. The lowest BCUT2D eigenvalue weighted by Gasteiger charge is -2.10. The normalized spacial score (nSPS) is 18.1. The monoisotopic (exact) mass is 298 g/mol. The maximum Gasteiger partial charge on any atom is 0.225 e. The number of hydrogen-bond donors (Lipinski definition) is 2. The molecule has 0 aromatic heterocycles. The first-order valence-electron chi connectivity index (χ1n) is 6.69. The van der Waals surface area contributed by atoms with Gasteiger partial charge in [-0.25, -0.2) is 4.39 Å². The van der Waals surface area contributed by atoms with Crippen molar-refractivity contribution in [1.29, 1.82) is 0 Å². The molecule has 1 aromatic rings. The van der Waals surface area contributed by atoms with Crippen molar-refractivity contribution in [2.45, 2.75) is 25.4 Å². The van der Waals surface area contributed by atoms with E-state index in [9.17, 15) is 9.18 Å². The van der Waals surface area contributed by atoms with Crippen LogP contribution in [0.2, 0.25) is 0 Å². The fraction of sp³-hybridized carbons (Fsp3) is 0.500. The van der Waals surface area contributed by atoms with E-state index in [4.69, 9.17) is 10.5 Å². The van der Waals surface area contributed by atoms with Gasteiger partial charge in [0.2, 0.25) is 5.91 Å². The van der Waals surface area contributed by atoms with E-state index in [2.05, 4.69) is 5.32 Å². The van der Waals surface area contributed by atoms with Gasteiger partial charge in [-0.2, -0.15) is 11.8 Å². The fourth-order valence-electron chi connectivity index (χ4n) is 2.02. The van der Waals surface area contributed by atoms with Crippen LogP contribution in [0.15, 0.2) is 18.2 Å². The third kappa shape index (κ3) is 4.68. The molecule has 6 heteroatoms. The minimum Gasteiger partial charge on any atom is -0.397 e. The first-order chi connectivity index (χ1) is 9.65. The third-order valence-corrected chi connectivity index (χ3v) is 4.19. The second kappa shape index (κ2) is 7.50. The van der Waals surface area contributed by atoms with Gasteiger partial charge in [0, 0.05) is 24.5 Å². The van der Waals surface area contributed by atoms with Crippen molar-refractivity contribution in [3.8, 4) is 0 Å². The summed E-state index contributed by atoms with van der Waals surface area (Å²) in [6.07, 6.45) is 3.01. The number of nitrogen functional groups attached to an aromatic ring is 1. The molecule has 1 amide bonds. The largest absolute Gasteiger partial charge is 0.397 e. The van der Waals surface area contributed by atoms with E-state index < -0.39 is 5.82 Å². The van der Waals surface area contributed by atoms with Crippen LogP contribution in [-0.4, -0.2) is 30.1 Å². The minimum atomic E-state index is -0.410. The highest BCUT2D eigenvalue weighted by Crippen LogP contribution is 2.20. The maximum atomic E-state index is 12.9. The van der Waals surface area contributed by atoms with Crippen molar-refractivity contribution in [3.05, 3.63) is 24.0 Å². The zero-order chi connectivity index (χ0) is 14.4. The Kier molecular flexibility index (Phi) is 5.67. The summed E-state index contributed by atoms with van der Waals surface area (Å²) >= 11 is 1.72. The van der Waals surface area contributed by atoms with Crippen molar-refractivity contribution in [1.82, 2.24) is 0 Å². The second-order valence-corrected chi connectivity index (χ2v) is 5.89. The van der Waals surface area contributed by atoms with E-state index in [1.165, 1.54) is 18.2 Å². The van der Waals surface area contributed by atoms with Gasteiger partial charge in [0.25, 0.3) is 0 Å². The Morgan fingerprint density at radius 1 is 1.55 bits per heavy atom. The van der Waals surface area contributed by atoms with Gasteiger partial charge in [0.1, 0.15) is 5.82 Å². The quantitative estimate of drug-likeness (QED) is 0.626. The fourth-order valence-corrected chi connectivity index (χ4v) is 3.04. The Hall–Kier alpha value is -1.27. The first kappa shape index (κ1) is 15.1. The summed E-state index contributed by atoms with van der Waals surface area (Å²) in [5.74, 6) is 1.16. The molecule has 1 aliphatic heterocycles. The van der Waals surface area contributed by atoms with Crippen molar-refractivity contribution in [3.63, 3.8) is 0 Å². The summed E-state index contributed by atoms with van der Waals surface area (Å²) in [4.78, 5) is 11.7. The highest BCUT2D eigenvalue weighted by Gasteiger charge is 2.15. The summed E-state index contributed by atoms with van der Waals surface area (Å²) in [7, 11) is 0. The number of ether oxygens (including phenoxy) is 1. The van der Waals surface area contributed by atoms with E-state index in [0.29, 0.717) is 18.2 Å². The number of carbonyl (C=O) groups is 1. The van der Waals surface area contributed by atoms with E-state index in [1.807, 2.05) is 0 Å². The average molecular weight is 298 g/mol. The lowest BCUT2D eigenvalue weighted by atomic mass is 10.2. The Bertz CT molecular complexity index is 464. The van der Waals surface area contributed by atoms with Crippen LogP contribution in [0, 0.1) is 5.82 Å². The molecule has 1 aromatic carbocycles. The molecule has 0 saturated carbocycles. The summed E-state index contributed by atoms with van der Waals surface area (Å²) < 4.78 is 18.4. The molecule has 0 aliphatic carbocycles. The molecule has 1 fully saturated rings. The van der Waals surface area contributed by atoms with Gasteiger partial charge in [-0.3, -0.25) is 4.79 Å². The highest BCUT2D eigenvalue weighted by atomic mass is 32.2. The molecule has 110 valence electrons. The number of nitrogens with one attached hydrogen (secondary N) is 1. The van der Waals surface area contributed by atoms with Gasteiger partial charge in [0.15, 0.2) is 0 Å². The van der Waals surface area contributed by atoms with Gasteiger partial charge < -0.3 is 15.8 Å². The molecule has 0 radical (unpaired) electrons. The molecule has 1 aliphatic rings. The van der Waals surface area contributed by atoms with Crippen LogP contribution in [0.1, 0.15) is 19.3 Å². The summed E-state index contributed by atoms with van der Waals surface area (Å²) in [5.41, 5.74) is 6.33. The topological polar surface area (TPSA) is 64.3 Å². The zero-order valence-electron chi connectivity index (χ0n) is 11.2. The molecule has 1 saturated heterocycles. The number of carbonyl (C=O) groups excluding carboxylic acids is 1. The molecule has 3 N–H and O–H groups in total. The van der Waals surface area contributed by atoms with Crippen LogP contribution < -0.4 is 11.1 Å². The van der Waals surface area contributed by atoms with Crippen LogP contribution >= 0.6 is 11.8 Å². The van der Waals surface area contributed by atoms with E-state index in [0.717, 1.165) is 31.0 Å². The molecule has 2 rings (SSSR count). The minimum absolute atomic E-state index is 0.108. The smallest absolute Gasteiger partial charge is 0.225 e. The molecular weight excluding hydrogens is 279 g/mol. The van der Waals surface area contributed by atoms with Crippen LogP contribution in [0.3, 0.4) is 0 Å². The van der Waals surface area contributed by atoms with Crippen LogP contribution in [0.4, 0.5) is 15.8 Å². The Morgan fingerprint density at radius 2 is 2.40 bits per heavy atom. The van der Waals surface area contributed by atoms with E-state index in [-0.39, 0.29) is 11.6 Å². The van der Waals surface area contributed by atoms with Gasteiger partial charge in [0.05, 0.1) is 17.5 Å². The first-order valence-corrected chi connectivity index (χ1v) is 7.85. The molecule has 4 nitrogen and oxygen atoms in total. The van der Waals surface area contributed by atoms with Gasteiger partial charge in [-0.1, -0.05) is 0 Å². The molecular formula is C14H19FN2O2S. The van der Waals surface area contributed by atoms with Gasteiger partial charge in [-0.05, 0) is 31.0 Å². The Morgan fingerprint density at radius 3 is 3.10 bits per heavy atom. The number of rotatable bonds is 6. The molecule has 0 bridgehead atoms. The molecule has 1 heterocycles. The van der Waals surface area contributed by atoms with Crippen molar-refractivity contribution >= 4 is 29.0 Å². The van der Waals surface area contributed by atoms with Crippen molar-refractivity contribution in [2.24, 2.45) is 0 Å². The van der Waals surface area contributed by atoms with Crippen molar-refractivity contribution in [2.75, 3.05) is 29.2 Å². The standard InChI is InChI=1S/C14H19FN2O2S/c15-10-3-4-13(12(16)8-10)17-14(18)5-7-20-9-11-2-1-6-19-11/h3-4,8,11H,1-2,5-7,9,16H2,(H,17,18). The summed E-state index contributed by atoms with van der Waals surface area (Å²) in [6, 6.07) is 3.95. The third-order valence-electron chi connectivity index (χ3n) is 3.09. The average Bonchev–Trinajstić information content (AvgIpc) is 2.91. The maximum absolute atomic E-state index is 12.9. The van der Waals surface area contributed by atoms with Crippen LogP contribution in [0.25, 0.3) is 0 Å². The van der Waals surface area contributed by atoms with Crippen LogP contribution in [-0.2, 0) is 9.53 Å². The van der Waals surface area contributed by atoms with E-state index in [1.54, 1.807) is 11.8 Å². The van der Waals surface area contributed by atoms with Crippen molar-refractivity contribution < 1.29 is 13.9 Å². The van der Waals surface area contributed by atoms with Crippen LogP contribution in [0.5, 0.6) is 0 Å². The number of benzene rings is 1. The van der Waals surface area contributed by atoms with Gasteiger partial charge in [-0.15, -0.1) is 0 Å². The molecule has 1 unspecified atom stereocenters. The molecule has 0 spiro atoms. The number of amides is 1. The number of halogens is 1. The van der Waals surface area contributed by atoms with Gasteiger partial charge >= 0.3 is 0 Å². The zero-order valence-corrected chi connectivity index (χ0v) is 12.0. The summed E-state index contributed by atoms with van der Waals surface area (Å²) in [5, 5.41) is 2.69. The number of anilines is 2. The predicted molar refractivity (Wildman–Crippen MR) is 80.4 cm³/mol. The highest BCUT2D eigenvalue weighted by molar-refractivity contribution is 7.99. The van der Waals surface area contributed by atoms with E-state index >= 15 is 0 Å². The predicted octanol–water partition coefficient (Wildman–Crippen LogP) is 2.65.